The Bertz CT molecular complexity index is 830. The first-order chi connectivity index (χ1) is 16.0. The van der Waals surface area contributed by atoms with Crippen LogP contribution in [-0.2, 0) is 15.9 Å². The van der Waals surface area contributed by atoms with Crippen molar-refractivity contribution in [1.29, 1.82) is 0 Å². The second-order valence-corrected chi connectivity index (χ2v) is 13.7. The summed E-state index contributed by atoms with van der Waals surface area (Å²) in [7, 11) is 1.77. The fourth-order valence-corrected chi connectivity index (χ4v) is 7.13. The molecule has 4 aliphatic carbocycles. The van der Waals surface area contributed by atoms with E-state index in [2.05, 4.69) is 66.7 Å². The van der Waals surface area contributed by atoms with Gasteiger partial charge >= 0.3 is 0 Å². The summed E-state index contributed by atoms with van der Waals surface area (Å²) in [5, 5.41) is 0. The fraction of sp³-hybridized carbons (Fsp3) is 0.812. The molecule has 4 aliphatic rings. The molecule has 5 rings (SSSR count). The van der Waals surface area contributed by atoms with E-state index in [0.29, 0.717) is 16.9 Å². The molecular formula is C32H52O2. The van der Waals surface area contributed by atoms with Gasteiger partial charge in [0.1, 0.15) is 0 Å². The van der Waals surface area contributed by atoms with Crippen molar-refractivity contribution in [1.82, 2.24) is 0 Å². The normalized spacial score (nSPS) is 33.2. The highest BCUT2D eigenvalue weighted by Crippen LogP contribution is 2.62. The van der Waals surface area contributed by atoms with Crippen molar-refractivity contribution in [3.63, 3.8) is 0 Å². The summed E-state index contributed by atoms with van der Waals surface area (Å²) >= 11 is 0. The number of methoxy groups -OCH3 is 1. The highest BCUT2D eigenvalue weighted by molar-refractivity contribution is 5.39. The maximum absolute atomic E-state index is 6.51. The quantitative estimate of drug-likeness (QED) is 0.410. The molecule has 0 spiro atoms. The van der Waals surface area contributed by atoms with Crippen molar-refractivity contribution in [3.8, 4) is 0 Å². The minimum absolute atomic E-state index is 0.320. The first kappa shape index (κ1) is 26.2. The Hall–Kier alpha value is -0.860. The molecule has 0 amide bonds. The zero-order valence-corrected chi connectivity index (χ0v) is 23.5. The van der Waals surface area contributed by atoms with Crippen LogP contribution in [0.4, 0.5) is 0 Å². The van der Waals surface area contributed by atoms with Crippen LogP contribution in [0.15, 0.2) is 18.2 Å². The molecule has 0 N–H and O–H groups in total. The van der Waals surface area contributed by atoms with Crippen molar-refractivity contribution in [3.05, 3.63) is 34.9 Å². The van der Waals surface area contributed by atoms with Crippen LogP contribution < -0.4 is 0 Å². The number of aryl methyl sites for hydroxylation is 1. The molecule has 0 saturated heterocycles. The number of benzene rings is 1. The standard InChI is InChI=1S/C26H38O2.C6H14/c1-25(2,27-4)28-24-13-12-23-22-11-9-19-16-18(17-6-5-7-17)8-10-20(19)21(22)14-15-26(23,24)3;1-5-6(2,3)4/h8,10,16-17,21-24H,5-7,9,11-15H2,1-4H3;5H2,1-4H3. The van der Waals surface area contributed by atoms with Gasteiger partial charge in [-0.3, -0.25) is 0 Å². The van der Waals surface area contributed by atoms with Crippen LogP contribution in [0.2, 0.25) is 0 Å². The van der Waals surface area contributed by atoms with Crippen molar-refractivity contribution >= 4 is 0 Å². The Morgan fingerprint density at radius 3 is 2.26 bits per heavy atom. The van der Waals surface area contributed by atoms with E-state index in [0.717, 1.165) is 23.7 Å². The average Bonchev–Trinajstić information content (AvgIpc) is 3.08. The summed E-state index contributed by atoms with van der Waals surface area (Å²) in [6.07, 6.45) is 13.7. The number of hydrogen-bond donors (Lipinski definition) is 0. The maximum atomic E-state index is 6.51. The van der Waals surface area contributed by atoms with Gasteiger partial charge in [0.15, 0.2) is 5.79 Å². The van der Waals surface area contributed by atoms with Gasteiger partial charge in [-0.1, -0.05) is 65.7 Å². The zero-order chi connectivity index (χ0) is 24.7. The molecular weight excluding hydrogens is 416 g/mol. The number of rotatable bonds is 4. The monoisotopic (exact) mass is 468 g/mol. The third-order valence-corrected chi connectivity index (χ3v) is 10.2. The Morgan fingerprint density at radius 2 is 1.68 bits per heavy atom. The molecule has 34 heavy (non-hydrogen) atoms. The molecule has 0 aromatic heterocycles. The Morgan fingerprint density at radius 1 is 0.971 bits per heavy atom. The smallest absolute Gasteiger partial charge is 0.162 e. The first-order valence-electron chi connectivity index (χ1n) is 14.3. The Balaban J connectivity index is 0.000000408. The first-order valence-corrected chi connectivity index (χ1v) is 14.3. The summed E-state index contributed by atoms with van der Waals surface area (Å²) in [5.41, 5.74) is 5.86. The topological polar surface area (TPSA) is 18.5 Å². The zero-order valence-electron chi connectivity index (χ0n) is 23.5. The van der Waals surface area contributed by atoms with Gasteiger partial charge in [-0.25, -0.2) is 0 Å². The summed E-state index contributed by atoms with van der Waals surface area (Å²) in [6.45, 7) is 15.6. The molecule has 2 heteroatoms. The van der Waals surface area contributed by atoms with E-state index in [1.54, 1.807) is 23.8 Å². The maximum Gasteiger partial charge on any atom is 0.162 e. The summed E-state index contributed by atoms with van der Waals surface area (Å²) in [5.74, 6) is 2.82. The lowest BCUT2D eigenvalue weighted by Crippen LogP contribution is -2.47. The molecule has 3 fully saturated rings. The third-order valence-electron chi connectivity index (χ3n) is 10.2. The molecule has 0 aliphatic heterocycles. The Labute approximate surface area is 210 Å². The van der Waals surface area contributed by atoms with Crippen LogP contribution in [0.5, 0.6) is 0 Å². The van der Waals surface area contributed by atoms with Crippen molar-refractivity contribution in [2.24, 2.45) is 22.7 Å². The van der Waals surface area contributed by atoms with Gasteiger partial charge in [0.05, 0.1) is 6.10 Å². The number of ether oxygens (including phenoxy) is 2. The highest BCUT2D eigenvalue weighted by atomic mass is 16.7. The second kappa shape index (κ2) is 9.89. The molecule has 2 nitrogen and oxygen atoms in total. The van der Waals surface area contributed by atoms with Gasteiger partial charge < -0.3 is 9.47 Å². The van der Waals surface area contributed by atoms with Gasteiger partial charge in [0.2, 0.25) is 0 Å². The Kier molecular flexibility index (Phi) is 7.62. The fourth-order valence-electron chi connectivity index (χ4n) is 7.13. The van der Waals surface area contributed by atoms with Crippen LogP contribution >= 0.6 is 0 Å². The highest BCUT2D eigenvalue weighted by Gasteiger charge is 2.56. The van der Waals surface area contributed by atoms with Gasteiger partial charge in [-0.05, 0) is 116 Å². The summed E-state index contributed by atoms with van der Waals surface area (Å²) < 4.78 is 12.1. The average molecular weight is 469 g/mol. The van der Waals surface area contributed by atoms with Crippen LogP contribution in [0.3, 0.4) is 0 Å². The molecule has 1 aromatic rings. The number of hydrogen-bond acceptors (Lipinski definition) is 2. The minimum Gasteiger partial charge on any atom is -0.354 e. The molecule has 0 heterocycles. The minimum atomic E-state index is -0.476. The van der Waals surface area contributed by atoms with Crippen LogP contribution in [0.25, 0.3) is 0 Å². The predicted molar refractivity (Wildman–Crippen MR) is 143 cm³/mol. The van der Waals surface area contributed by atoms with E-state index in [4.69, 9.17) is 9.47 Å². The molecule has 5 unspecified atom stereocenters. The molecule has 3 saturated carbocycles. The van der Waals surface area contributed by atoms with Crippen LogP contribution in [0, 0.1) is 22.7 Å². The van der Waals surface area contributed by atoms with Crippen LogP contribution in [0.1, 0.15) is 135 Å². The lowest BCUT2D eigenvalue weighted by molar-refractivity contribution is -0.245. The lowest BCUT2D eigenvalue weighted by atomic mass is 9.55. The molecule has 0 bridgehead atoms. The second-order valence-electron chi connectivity index (χ2n) is 13.7. The van der Waals surface area contributed by atoms with E-state index in [9.17, 15) is 0 Å². The van der Waals surface area contributed by atoms with E-state index < -0.39 is 5.79 Å². The third kappa shape index (κ3) is 5.29. The molecule has 1 aromatic carbocycles. The summed E-state index contributed by atoms with van der Waals surface area (Å²) in [6, 6.07) is 7.59. The van der Waals surface area contributed by atoms with Crippen molar-refractivity contribution in [2.75, 3.05) is 7.11 Å². The predicted octanol–water partition coefficient (Wildman–Crippen LogP) is 9.02. The molecule has 0 radical (unpaired) electrons. The van der Waals surface area contributed by atoms with E-state index in [1.807, 2.05) is 0 Å². The van der Waals surface area contributed by atoms with E-state index in [1.165, 1.54) is 64.2 Å². The summed E-state index contributed by atoms with van der Waals surface area (Å²) in [4.78, 5) is 0. The van der Waals surface area contributed by atoms with Crippen LogP contribution in [-0.4, -0.2) is 19.0 Å². The lowest BCUT2D eigenvalue weighted by Gasteiger charge is -2.51. The van der Waals surface area contributed by atoms with Gasteiger partial charge in [0.25, 0.3) is 0 Å². The van der Waals surface area contributed by atoms with Gasteiger partial charge in [0, 0.05) is 7.11 Å². The number of fused-ring (bicyclic) bond motifs is 5. The van der Waals surface area contributed by atoms with E-state index >= 15 is 0 Å². The van der Waals surface area contributed by atoms with E-state index in [-0.39, 0.29) is 0 Å². The largest absolute Gasteiger partial charge is 0.354 e. The van der Waals surface area contributed by atoms with Gasteiger partial charge in [-0.15, -0.1) is 0 Å². The SMILES string of the molecule is CCC(C)(C)C.COC(C)(C)OC1CCC2C3CCc4cc(C5CCC5)ccc4C3CCC12C. The molecule has 5 atom stereocenters. The van der Waals surface area contributed by atoms with Gasteiger partial charge in [-0.2, -0.15) is 0 Å². The van der Waals surface area contributed by atoms with Crippen molar-refractivity contribution < 1.29 is 9.47 Å². The van der Waals surface area contributed by atoms with Crippen molar-refractivity contribution in [2.45, 2.75) is 136 Å². The molecule has 192 valence electrons.